The van der Waals surface area contributed by atoms with E-state index in [9.17, 15) is 0 Å². The molecule has 0 aromatic carbocycles. The molecule has 0 N–H and O–H groups in total. The number of likely N-dealkylation sites (tertiary alicyclic amines) is 1. The largest absolute Gasteiger partial charge is 0.300 e. The molecule has 0 aromatic rings. The quantitative estimate of drug-likeness (QED) is 0.633. The van der Waals surface area contributed by atoms with Gasteiger partial charge in [0, 0.05) is 19.1 Å². The van der Waals surface area contributed by atoms with Crippen molar-refractivity contribution in [1.29, 1.82) is 0 Å². The van der Waals surface area contributed by atoms with E-state index in [4.69, 9.17) is 0 Å². The molecule has 1 saturated carbocycles. The summed E-state index contributed by atoms with van der Waals surface area (Å²) in [7, 11) is 0. The summed E-state index contributed by atoms with van der Waals surface area (Å²) in [5.41, 5.74) is 0. The van der Waals surface area contributed by atoms with Gasteiger partial charge in [0.2, 0.25) is 0 Å². The molecule has 76 valence electrons. The second-order valence-electron chi connectivity index (χ2n) is 5.39. The first kappa shape index (κ1) is 9.51. The summed E-state index contributed by atoms with van der Waals surface area (Å²) in [5, 5.41) is 0. The predicted molar refractivity (Wildman–Crippen MR) is 56.7 cm³/mol. The summed E-state index contributed by atoms with van der Waals surface area (Å²) in [6.07, 6.45) is 4.51. The zero-order chi connectivity index (χ0) is 9.42. The molecule has 3 atom stereocenters. The highest BCUT2D eigenvalue weighted by Gasteiger charge is 2.37. The SMILES string of the molecule is CC(C)C(C)N1CC2CCCC2C1. The van der Waals surface area contributed by atoms with Crippen LogP contribution < -0.4 is 0 Å². The minimum absolute atomic E-state index is 0.797. The summed E-state index contributed by atoms with van der Waals surface area (Å²) in [4.78, 5) is 2.72. The van der Waals surface area contributed by atoms with Crippen molar-refractivity contribution in [2.75, 3.05) is 13.1 Å². The monoisotopic (exact) mass is 181 g/mol. The van der Waals surface area contributed by atoms with E-state index < -0.39 is 0 Å². The molecule has 1 saturated heterocycles. The fraction of sp³-hybridized carbons (Fsp3) is 1.00. The van der Waals surface area contributed by atoms with Gasteiger partial charge in [0.05, 0.1) is 0 Å². The molecule has 2 fully saturated rings. The lowest BCUT2D eigenvalue weighted by atomic mass is 10.0. The topological polar surface area (TPSA) is 3.24 Å². The van der Waals surface area contributed by atoms with Gasteiger partial charge >= 0.3 is 0 Å². The second-order valence-corrected chi connectivity index (χ2v) is 5.39. The fourth-order valence-corrected chi connectivity index (χ4v) is 3.03. The Hall–Kier alpha value is -0.0400. The van der Waals surface area contributed by atoms with E-state index >= 15 is 0 Å². The van der Waals surface area contributed by atoms with Gasteiger partial charge in [-0.3, -0.25) is 4.90 Å². The van der Waals surface area contributed by atoms with Crippen LogP contribution in [0.3, 0.4) is 0 Å². The molecule has 0 radical (unpaired) electrons. The third-order valence-corrected chi connectivity index (χ3v) is 4.30. The van der Waals surface area contributed by atoms with Gasteiger partial charge < -0.3 is 0 Å². The van der Waals surface area contributed by atoms with Crippen LogP contribution in [0.15, 0.2) is 0 Å². The molecule has 2 aliphatic rings. The smallest absolute Gasteiger partial charge is 0.00901 e. The van der Waals surface area contributed by atoms with E-state index in [1.54, 1.807) is 0 Å². The van der Waals surface area contributed by atoms with Crippen molar-refractivity contribution in [2.24, 2.45) is 17.8 Å². The van der Waals surface area contributed by atoms with E-state index in [1.807, 2.05) is 0 Å². The third-order valence-electron chi connectivity index (χ3n) is 4.30. The van der Waals surface area contributed by atoms with Crippen LogP contribution in [0.2, 0.25) is 0 Å². The van der Waals surface area contributed by atoms with Gasteiger partial charge in [0.1, 0.15) is 0 Å². The highest BCUT2D eigenvalue weighted by Crippen LogP contribution is 2.38. The Morgan fingerprint density at radius 1 is 1.00 bits per heavy atom. The number of nitrogens with zero attached hydrogens (tertiary/aromatic N) is 1. The molecule has 1 nitrogen and oxygen atoms in total. The first-order chi connectivity index (χ1) is 6.18. The standard InChI is InChI=1S/C12H23N/c1-9(2)10(3)13-7-11-5-4-6-12(11)8-13/h9-12H,4-8H2,1-3H3. The lowest BCUT2D eigenvalue weighted by molar-refractivity contribution is 0.193. The molecule has 0 spiro atoms. The first-order valence-corrected chi connectivity index (χ1v) is 5.92. The van der Waals surface area contributed by atoms with E-state index in [0.717, 1.165) is 23.8 Å². The van der Waals surface area contributed by atoms with Crippen LogP contribution in [-0.2, 0) is 0 Å². The molecular weight excluding hydrogens is 158 g/mol. The Balaban J connectivity index is 1.91. The molecule has 1 heterocycles. The van der Waals surface area contributed by atoms with Crippen LogP contribution in [0.25, 0.3) is 0 Å². The minimum atomic E-state index is 0.797. The van der Waals surface area contributed by atoms with Gasteiger partial charge in [-0.1, -0.05) is 20.3 Å². The second kappa shape index (κ2) is 3.61. The average molecular weight is 181 g/mol. The molecule has 0 aromatic heterocycles. The van der Waals surface area contributed by atoms with Gasteiger partial charge in [-0.2, -0.15) is 0 Å². The Bertz CT molecular complexity index is 164. The Morgan fingerprint density at radius 2 is 1.54 bits per heavy atom. The highest BCUT2D eigenvalue weighted by molar-refractivity contribution is 4.90. The van der Waals surface area contributed by atoms with Crippen LogP contribution >= 0.6 is 0 Å². The summed E-state index contributed by atoms with van der Waals surface area (Å²) in [6.45, 7) is 9.87. The van der Waals surface area contributed by atoms with Gasteiger partial charge in [0.15, 0.2) is 0 Å². The van der Waals surface area contributed by atoms with Crippen LogP contribution in [0.4, 0.5) is 0 Å². The van der Waals surface area contributed by atoms with Crippen molar-refractivity contribution in [3.05, 3.63) is 0 Å². The normalized spacial score (nSPS) is 36.9. The molecule has 3 unspecified atom stereocenters. The van der Waals surface area contributed by atoms with Gasteiger partial charge in [0.25, 0.3) is 0 Å². The van der Waals surface area contributed by atoms with E-state index in [-0.39, 0.29) is 0 Å². The number of hydrogen-bond acceptors (Lipinski definition) is 1. The van der Waals surface area contributed by atoms with Crippen LogP contribution in [0.5, 0.6) is 0 Å². The number of fused-ring (bicyclic) bond motifs is 1. The van der Waals surface area contributed by atoms with Gasteiger partial charge in [-0.05, 0) is 37.5 Å². The van der Waals surface area contributed by atoms with E-state index in [2.05, 4.69) is 25.7 Å². The Kier molecular flexibility index (Phi) is 2.64. The third kappa shape index (κ3) is 1.76. The Labute approximate surface area is 82.5 Å². The summed E-state index contributed by atoms with van der Waals surface area (Å²) < 4.78 is 0. The van der Waals surface area contributed by atoms with Crippen molar-refractivity contribution in [3.8, 4) is 0 Å². The van der Waals surface area contributed by atoms with Crippen molar-refractivity contribution in [2.45, 2.75) is 46.1 Å². The van der Waals surface area contributed by atoms with Crippen LogP contribution in [-0.4, -0.2) is 24.0 Å². The molecule has 13 heavy (non-hydrogen) atoms. The highest BCUT2D eigenvalue weighted by atomic mass is 15.2. The van der Waals surface area contributed by atoms with Gasteiger partial charge in [-0.15, -0.1) is 0 Å². The lowest BCUT2D eigenvalue weighted by Crippen LogP contribution is -2.35. The Morgan fingerprint density at radius 3 is 2.00 bits per heavy atom. The van der Waals surface area contributed by atoms with Crippen molar-refractivity contribution in [3.63, 3.8) is 0 Å². The maximum absolute atomic E-state index is 2.72. The minimum Gasteiger partial charge on any atom is -0.300 e. The van der Waals surface area contributed by atoms with E-state index in [0.29, 0.717) is 0 Å². The lowest BCUT2D eigenvalue weighted by Gasteiger charge is -2.28. The molecule has 1 aliphatic heterocycles. The summed E-state index contributed by atoms with van der Waals surface area (Å²) in [5.74, 6) is 2.93. The summed E-state index contributed by atoms with van der Waals surface area (Å²) >= 11 is 0. The van der Waals surface area contributed by atoms with Crippen molar-refractivity contribution < 1.29 is 0 Å². The van der Waals surface area contributed by atoms with Crippen molar-refractivity contribution in [1.82, 2.24) is 4.90 Å². The zero-order valence-electron chi connectivity index (χ0n) is 9.29. The molecule has 1 aliphatic carbocycles. The molecule has 2 rings (SSSR count). The molecule has 0 amide bonds. The molecular formula is C12H23N. The number of hydrogen-bond donors (Lipinski definition) is 0. The van der Waals surface area contributed by atoms with Crippen LogP contribution in [0.1, 0.15) is 40.0 Å². The van der Waals surface area contributed by atoms with E-state index in [1.165, 1.54) is 32.4 Å². The maximum atomic E-state index is 2.72. The number of rotatable bonds is 2. The van der Waals surface area contributed by atoms with Crippen LogP contribution in [0, 0.1) is 17.8 Å². The first-order valence-electron chi connectivity index (χ1n) is 5.92. The molecule has 1 heteroatoms. The predicted octanol–water partition coefficient (Wildman–Crippen LogP) is 2.76. The maximum Gasteiger partial charge on any atom is 0.00901 e. The average Bonchev–Trinajstić information content (AvgIpc) is 2.59. The zero-order valence-corrected chi connectivity index (χ0v) is 9.29. The fourth-order valence-electron chi connectivity index (χ4n) is 3.03. The van der Waals surface area contributed by atoms with Gasteiger partial charge in [-0.25, -0.2) is 0 Å². The summed E-state index contributed by atoms with van der Waals surface area (Å²) in [6, 6.07) is 0.797. The molecule has 0 bridgehead atoms. The van der Waals surface area contributed by atoms with Crippen molar-refractivity contribution >= 4 is 0 Å².